The summed E-state index contributed by atoms with van der Waals surface area (Å²) in [6.07, 6.45) is 0. The average Bonchev–Trinajstić information content (AvgIpc) is 2.18. The van der Waals surface area contributed by atoms with Crippen molar-refractivity contribution in [3.63, 3.8) is 0 Å². The number of amides is 1. The molecule has 0 spiro atoms. The van der Waals surface area contributed by atoms with Gasteiger partial charge in [0.2, 0.25) is 0 Å². The molecule has 80 valence electrons. The summed E-state index contributed by atoms with van der Waals surface area (Å²) in [4.78, 5) is 21.4. The van der Waals surface area contributed by atoms with E-state index < -0.39 is 24.2 Å². The SMILES string of the molecule is O=C(O)CNC(=O)c1cccc(Cl)c1F. The first-order chi connectivity index (χ1) is 7.02. The van der Waals surface area contributed by atoms with Crippen LogP contribution in [0, 0.1) is 5.82 Å². The Morgan fingerprint density at radius 3 is 2.73 bits per heavy atom. The van der Waals surface area contributed by atoms with Crippen molar-refractivity contribution in [2.45, 2.75) is 0 Å². The number of carbonyl (C=O) groups is 2. The highest BCUT2D eigenvalue weighted by Crippen LogP contribution is 2.17. The number of hydrogen-bond donors (Lipinski definition) is 2. The van der Waals surface area contributed by atoms with Crippen molar-refractivity contribution < 1.29 is 19.1 Å². The molecular formula is C9H7ClFNO3. The Kier molecular flexibility index (Phi) is 3.62. The maximum Gasteiger partial charge on any atom is 0.322 e. The lowest BCUT2D eigenvalue weighted by atomic mass is 10.2. The molecule has 0 fully saturated rings. The monoisotopic (exact) mass is 231 g/mol. The topological polar surface area (TPSA) is 66.4 Å². The highest BCUT2D eigenvalue weighted by molar-refractivity contribution is 6.31. The fourth-order valence-corrected chi connectivity index (χ4v) is 1.10. The summed E-state index contributed by atoms with van der Waals surface area (Å²) in [5.74, 6) is -2.87. The molecule has 1 amide bonds. The molecule has 1 aromatic rings. The summed E-state index contributed by atoms with van der Waals surface area (Å²) in [5.41, 5.74) is -0.274. The Bertz CT molecular complexity index is 408. The molecule has 4 nitrogen and oxygen atoms in total. The van der Waals surface area contributed by atoms with Crippen LogP contribution in [0.15, 0.2) is 18.2 Å². The predicted octanol–water partition coefficient (Wildman–Crippen LogP) is 1.29. The van der Waals surface area contributed by atoms with Crippen LogP contribution in [0.5, 0.6) is 0 Å². The van der Waals surface area contributed by atoms with Crippen LogP contribution < -0.4 is 5.32 Å². The number of aliphatic carboxylic acids is 1. The summed E-state index contributed by atoms with van der Waals surface area (Å²) in [6.45, 7) is -0.565. The van der Waals surface area contributed by atoms with Gasteiger partial charge in [0, 0.05) is 0 Å². The summed E-state index contributed by atoms with van der Waals surface area (Å²) >= 11 is 5.45. The highest BCUT2D eigenvalue weighted by atomic mass is 35.5. The van der Waals surface area contributed by atoms with Crippen molar-refractivity contribution in [3.8, 4) is 0 Å². The van der Waals surface area contributed by atoms with Crippen molar-refractivity contribution in [1.82, 2.24) is 5.32 Å². The van der Waals surface area contributed by atoms with E-state index in [9.17, 15) is 14.0 Å². The Balaban J connectivity index is 2.82. The summed E-state index contributed by atoms with van der Waals surface area (Å²) in [6, 6.07) is 3.92. The van der Waals surface area contributed by atoms with Gasteiger partial charge < -0.3 is 10.4 Å². The van der Waals surface area contributed by atoms with E-state index in [0.29, 0.717) is 0 Å². The molecule has 0 aliphatic heterocycles. The molecule has 0 bridgehead atoms. The van der Waals surface area contributed by atoms with Gasteiger partial charge in [-0.3, -0.25) is 9.59 Å². The van der Waals surface area contributed by atoms with Gasteiger partial charge in [-0.2, -0.15) is 0 Å². The zero-order chi connectivity index (χ0) is 11.4. The first-order valence-electron chi connectivity index (χ1n) is 3.96. The smallest absolute Gasteiger partial charge is 0.322 e. The molecule has 0 aliphatic carbocycles. The maximum absolute atomic E-state index is 13.2. The molecule has 0 unspecified atom stereocenters. The van der Waals surface area contributed by atoms with Crippen molar-refractivity contribution >= 4 is 23.5 Å². The second kappa shape index (κ2) is 4.75. The Hall–Kier alpha value is -1.62. The predicted molar refractivity (Wildman–Crippen MR) is 51.4 cm³/mol. The molecule has 0 saturated heterocycles. The summed E-state index contributed by atoms with van der Waals surface area (Å²) in [5, 5.41) is 10.1. The minimum atomic E-state index is -1.20. The summed E-state index contributed by atoms with van der Waals surface area (Å²) in [7, 11) is 0. The van der Waals surface area contributed by atoms with E-state index >= 15 is 0 Å². The van der Waals surface area contributed by atoms with Crippen LogP contribution in [-0.4, -0.2) is 23.5 Å². The Morgan fingerprint density at radius 2 is 2.13 bits per heavy atom. The largest absolute Gasteiger partial charge is 0.480 e. The minimum Gasteiger partial charge on any atom is -0.480 e. The number of halogens is 2. The van der Waals surface area contributed by atoms with E-state index in [-0.39, 0.29) is 10.6 Å². The van der Waals surface area contributed by atoms with Gasteiger partial charge in [-0.1, -0.05) is 17.7 Å². The van der Waals surface area contributed by atoms with Gasteiger partial charge in [-0.25, -0.2) is 4.39 Å². The minimum absolute atomic E-state index is 0.182. The zero-order valence-electron chi connectivity index (χ0n) is 7.46. The molecule has 2 N–H and O–H groups in total. The van der Waals surface area contributed by atoms with Crippen LogP contribution in [0.1, 0.15) is 10.4 Å². The van der Waals surface area contributed by atoms with Crippen molar-refractivity contribution in [2.75, 3.05) is 6.54 Å². The molecule has 0 atom stereocenters. The van der Waals surface area contributed by atoms with Gasteiger partial charge in [0.25, 0.3) is 5.91 Å². The van der Waals surface area contributed by atoms with Crippen LogP contribution in [0.25, 0.3) is 0 Å². The van der Waals surface area contributed by atoms with E-state index in [1.807, 2.05) is 5.32 Å². The molecule has 0 heterocycles. The number of carboxylic acid groups (broad SMARTS) is 1. The fraction of sp³-hybridized carbons (Fsp3) is 0.111. The lowest BCUT2D eigenvalue weighted by Crippen LogP contribution is -2.29. The Morgan fingerprint density at radius 1 is 1.47 bits per heavy atom. The van der Waals surface area contributed by atoms with Crippen LogP contribution in [-0.2, 0) is 4.79 Å². The van der Waals surface area contributed by atoms with Crippen LogP contribution in [0.2, 0.25) is 5.02 Å². The van der Waals surface area contributed by atoms with Gasteiger partial charge in [0.05, 0.1) is 10.6 Å². The van der Waals surface area contributed by atoms with E-state index in [2.05, 4.69) is 0 Å². The molecule has 0 aromatic heterocycles. The average molecular weight is 232 g/mol. The lowest BCUT2D eigenvalue weighted by molar-refractivity contribution is -0.135. The van der Waals surface area contributed by atoms with E-state index in [4.69, 9.17) is 16.7 Å². The number of nitrogens with one attached hydrogen (secondary N) is 1. The molecule has 1 rings (SSSR count). The molecule has 0 aliphatic rings. The molecule has 0 saturated carbocycles. The first kappa shape index (κ1) is 11.5. The van der Waals surface area contributed by atoms with Crippen molar-refractivity contribution in [1.29, 1.82) is 0 Å². The summed E-state index contributed by atoms with van der Waals surface area (Å²) < 4.78 is 13.2. The number of rotatable bonds is 3. The normalized spacial score (nSPS) is 9.73. The molecule has 15 heavy (non-hydrogen) atoms. The van der Waals surface area contributed by atoms with Gasteiger partial charge in [0.15, 0.2) is 5.82 Å². The van der Waals surface area contributed by atoms with Gasteiger partial charge in [-0.15, -0.1) is 0 Å². The van der Waals surface area contributed by atoms with E-state index in [1.165, 1.54) is 18.2 Å². The van der Waals surface area contributed by atoms with Crippen LogP contribution in [0.4, 0.5) is 4.39 Å². The number of carbonyl (C=O) groups excluding carboxylic acids is 1. The van der Waals surface area contributed by atoms with Gasteiger partial charge >= 0.3 is 5.97 Å². The fourth-order valence-electron chi connectivity index (χ4n) is 0.930. The number of hydrogen-bond acceptors (Lipinski definition) is 2. The zero-order valence-corrected chi connectivity index (χ0v) is 8.21. The molecular weight excluding hydrogens is 225 g/mol. The van der Waals surface area contributed by atoms with Crippen molar-refractivity contribution in [2.24, 2.45) is 0 Å². The quantitative estimate of drug-likeness (QED) is 0.824. The third-order valence-electron chi connectivity index (χ3n) is 1.60. The third-order valence-corrected chi connectivity index (χ3v) is 1.89. The second-order valence-corrected chi connectivity index (χ2v) is 3.08. The van der Waals surface area contributed by atoms with Gasteiger partial charge in [-0.05, 0) is 12.1 Å². The standard InChI is InChI=1S/C9H7ClFNO3/c10-6-3-1-2-5(8(6)11)9(15)12-4-7(13)14/h1-3H,4H2,(H,12,15)(H,13,14). The van der Waals surface area contributed by atoms with Crippen LogP contribution >= 0.6 is 11.6 Å². The number of benzene rings is 1. The molecule has 0 radical (unpaired) electrons. The Labute approximate surface area is 89.7 Å². The van der Waals surface area contributed by atoms with Gasteiger partial charge in [0.1, 0.15) is 6.54 Å². The molecule has 1 aromatic carbocycles. The first-order valence-corrected chi connectivity index (χ1v) is 4.34. The third kappa shape index (κ3) is 2.92. The van der Waals surface area contributed by atoms with E-state index in [0.717, 1.165) is 0 Å². The molecule has 6 heteroatoms. The van der Waals surface area contributed by atoms with Crippen LogP contribution in [0.3, 0.4) is 0 Å². The highest BCUT2D eigenvalue weighted by Gasteiger charge is 2.14. The van der Waals surface area contributed by atoms with Crippen molar-refractivity contribution in [3.05, 3.63) is 34.6 Å². The lowest BCUT2D eigenvalue weighted by Gasteiger charge is -2.04. The number of carboxylic acids is 1. The maximum atomic E-state index is 13.2. The second-order valence-electron chi connectivity index (χ2n) is 2.68. The van der Waals surface area contributed by atoms with E-state index in [1.54, 1.807) is 0 Å².